The Balaban J connectivity index is 1.28. The maximum Gasteiger partial charge on any atom is 0.418 e. The molecule has 11 nitrogen and oxygen atoms in total. The van der Waals surface area contributed by atoms with Crippen molar-refractivity contribution in [3.8, 4) is 11.5 Å². The normalized spacial score (nSPS) is 13.9. The summed E-state index contributed by atoms with van der Waals surface area (Å²) in [6.45, 7) is 7.11. The highest BCUT2D eigenvalue weighted by Gasteiger charge is 2.34. The second-order valence-electron chi connectivity index (χ2n) is 10.1. The molecule has 0 aliphatic heterocycles. The second-order valence-corrected chi connectivity index (χ2v) is 10.1. The summed E-state index contributed by atoms with van der Waals surface area (Å²) in [4.78, 5) is 29.8. The number of aryl methyl sites for hydroxylation is 1. The number of alkyl halides is 3. The summed E-state index contributed by atoms with van der Waals surface area (Å²) in [5.74, 6) is 1.81. The van der Waals surface area contributed by atoms with Crippen LogP contribution in [0.1, 0.15) is 31.2 Å². The monoisotopic (exact) mass is 605 g/mol. The molecule has 4 aromatic rings. The molecule has 1 amide bonds. The van der Waals surface area contributed by atoms with Gasteiger partial charge in [-0.1, -0.05) is 6.58 Å². The molecule has 14 heteroatoms. The zero-order valence-corrected chi connectivity index (χ0v) is 24.2. The Morgan fingerprint density at radius 1 is 1.05 bits per heavy atom. The van der Waals surface area contributed by atoms with Gasteiger partial charge in [-0.2, -0.15) is 13.2 Å². The molecular formula is C30H30F3N9O2. The lowest BCUT2D eigenvalue weighted by molar-refractivity contribution is -0.137. The van der Waals surface area contributed by atoms with E-state index < -0.39 is 17.6 Å². The zero-order chi connectivity index (χ0) is 31.4. The van der Waals surface area contributed by atoms with Gasteiger partial charge in [0.15, 0.2) is 0 Å². The first-order valence-corrected chi connectivity index (χ1v) is 13.6. The van der Waals surface area contributed by atoms with Crippen molar-refractivity contribution >= 4 is 23.4 Å². The first-order valence-electron chi connectivity index (χ1n) is 13.6. The maximum absolute atomic E-state index is 13.9. The lowest BCUT2D eigenvalue weighted by atomic mass is 10.1. The molecule has 1 aliphatic rings. The van der Waals surface area contributed by atoms with Crippen LogP contribution in [0.3, 0.4) is 0 Å². The van der Waals surface area contributed by atoms with Crippen molar-refractivity contribution in [2.75, 3.05) is 23.1 Å². The number of ether oxygens (including phenoxy) is 1. The number of halogens is 3. The molecule has 228 valence electrons. The van der Waals surface area contributed by atoms with Crippen LogP contribution in [0, 0.1) is 6.92 Å². The third kappa shape index (κ3) is 7.14. The number of allylic oxidation sites excluding steroid dienone is 2. The van der Waals surface area contributed by atoms with Crippen LogP contribution in [0.2, 0.25) is 0 Å². The molecule has 1 aromatic carbocycles. The van der Waals surface area contributed by atoms with Crippen molar-refractivity contribution in [3.63, 3.8) is 0 Å². The lowest BCUT2D eigenvalue weighted by Gasteiger charge is -2.16. The van der Waals surface area contributed by atoms with Gasteiger partial charge in [0.1, 0.15) is 29.5 Å². The number of amides is 1. The molecule has 3 heterocycles. The van der Waals surface area contributed by atoms with Gasteiger partial charge in [0, 0.05) is 59.9 Å². The molecule has 0 spiro atoms. The Kier molecular flexibility index (Phi) is 8.51. The summed E-state index contributed by atoms with van der Waals surface area (Å²) in [6.07, 6.45) is 8.24. The molecule has 0 bridgehead atoms. The fraction of sp³-hybridized carbons (Fsp3) is 0.233. The predicted octanol–water partition coefficient (Wildman–Crippen LogP) is 5.79. The molecular weight excluding hydrogens is 575 g/mol. The van der Waals surface area contributed by atoms with Crippen LogP contribution in [0.5, 0.6) is 0 Å². The number of nitrogens with one attached hydrogen (secondary N) is 3. The number of rotatable bonds is 11. The molecule has 0 unspecified atom stereocenters. The molecule has 1 aliphatic carbocycles. The first-order chi connectivity index (χ1) is 21.0. The van der Waals surface area contributed by atoms with E-state index in [-0.39, 0.29) is 22.7 Å². The van der Waals surface area contributed by atoms with E-state index in [0.717, 1.165) is 24.7 Å². The van der Waals surface area contributed by atoms with Gasteiger partial charge in [0.2, 0.25) is 5.95 Å². The Morgan fingerprint density at radius 3 is 2.48 bits per heavy atom. The third-order valence-corrected chi connectivity index (χ3v) is 6.66. The Labute approximate surface area is 251 Å². The number of aromatic nitrogens is 6. The Morgan fingerprint density at radius 2 is 1.80 bits per heavy atom. The van der Waals surface area contributed by atoms with Gasteiger partial charge < -0.3 is 25.3 Å². The van der Waals surface area contributed by atoms with Crippen molar-refractivity contribution in [3.05, 3.63) is 103 Å². The summed E-state index contributed by atoms with van der Waals surface area (Å²) >= 11 is 0. The van der Waals surface area contributed by atoms with E-state index in [0.29, 0.717) is 29.3 Å². The van der Waals surface area contributed by atoms with Crippen molar-refractivity contribution < 1.29 is 22.7 Å². The number of imidazole rings is 2. The van der Waals surface area contributed by atoms with Gasteiger partial charge in [0.05, 0.1) is 18.4 Å². The average molecular weight is 606 g/mol. The molecule has 0 saturated heterocycles. The predicted molar refractivity (Wildman–Crippen MR) is 159 cm³/mol. The lowest BCUT2D eigenvalue weighted by Crippen LogP contribution is -2.16. The van der Waals surface area contributed by atoms with Crippen LogP contribution in [0.25, 0.3) is 11.5 Å². The van der Waals surface area contributed by atoms with E-state index in [9.17, 15) is 18.0 Å². The minimum atomic E-state index is -4.66. The Hall–Kier alpha value is -5.40. The van der Waals surface area contributed by atoms with Gasteiger partial charge in [0.25, 0.3) is 5.91 Å². The van der Waals surface area contributed by atoms with Crippen molar-refractivity contribution in [2.45, 2.75) is 38.9 Å². The minimum Gasteiger partial charge on any atom is -0.497 e. The summed E-state index contributed by atoms with van der Waals surface area (Å²) in [5, 5.41) is 8.94. The topological polar surface area (TPSA) is 124 Å². The minimum absolute atomic E-state index is 0.0161. The quantitative estimate of drug-likeness (QED) is 0.112. The van der Waals surface area contributed by atoms with E-state index in [1.165, 1.54) is 55.5 Å². The third-order valence-electron chi connectivity index (χ3n) is 6.66. The van der Waals surface area contributed by atoms with Crippen molar-refractivity contribution in [2.24, 2.45) is 0 Å². The highest BCUT2D eigenvalue weighted by molar-refractivity contribution is 6.03. The number of benzene rings is 1. The van der Waals surface area contributed by atoms with Crippen LogP contribution in [0.15, 0.2) is 91.1 Å². The van der Waals surface area contributed by atoms with Gasteiger partial charge in [-0.25, -0.2) is 19.9 Å². The largest absolute Gasteiger partial charge is 0.497 e. The standard InChI is InChI=1S/C30H30F3N9O2/c1-18(28(43)40-22-7-8-25(24(15-22)30(31,32)33)41-11-9-34-20(41)3)13-23(44-4)14-19(2)38-29-35-10-12-42(29)27-16-26(36-17-37-27)39-21-5-6-21/h7-17,21H,2,5-6H2,1,3-4H3,(H,35,38)(H,40,43)(H,36,37,39)/b18-13+,23-14+. The van der Waals surface area contributed by atoms with Crippen LogP contribution < -0.4 is 16.0 Å². The number of methoxy groups -OCH3 is 1. The van der Waals surface area contributed by atoms with Gasteiger partial charge >= 0.3 is 6.18 Å². The summed E-state index contributed by atoms with van der Waals surface area (Å²) in [6, 6.07) is 5.84. The number of anilines is 3. The van der Waals surface area contributed by atoms with E-state index in [4.69, 9.17) is 4.74 Å². The van der Waals surface area contributed by atoms with Crippen LogP contribution >= 0.6 is 0 Å². The first kappa shape index (κ1) is 30.1. The Bertz CT molecular complexity index is 1750. The number of carbonyl (C=O) groups is 1. The van der Waals surface area contributed by atoms with Crippen molar-refractivity contribution in [1.29, 1.82) is 0 Å². The number of carbonyl (C=O) groups excluding carboxylic acids is 1. The average Bonchev–Trinajstić information content (AvgIpc) is 3.49. The van der Waals surface area contributed by atoms with E-state index in [2.05, 4.69) is 42.5 Å². The number of nitrogens with zero attached hydrogens (tertiary/aromatic N) is 6. The van der Waals surface area contributed by atoms with Gasteiger partial charge in [-0.05, 0) is 51.0 Å². The van der Waals surface area contributed by atoms with E-state index >= 15 is 0 Å². The van der Waals surface area contributed by atoms with E-state index in [1.807, 2.05) is 6.07 Å². The molecule has 1 saturated carbocycles. The fourth-order valence-electron chi connectivity index (χ4n) is 4.28. The zero-order valence-electron chi connectivity index (χ0n) is 24.2. The number of hydrogen-bond donors (Lipinski definition) is 3. The molecule has 0 radical (unpaired) electrons. The molecule has 1 fully saturated rings. The highest BCUT2D eigenvalue weighted by Crippen LogP contribution is 2.36. The second kappa shape index (κ2) is 12.5. The van der Waals surface area contributed by atoms with Gasteiger partial charge in [-0.15, -0.1) is 0 Å². The highest BCUT2D eigenvalue weighted by atomic mass is 19.4. The van der Waals surface area contributed by atoms with Crippen LogP contribution in [0.4, 0.5) is 30.6 Å². The summed E-state index contributed by atoms with van der Waals surface area (Å²) in [5.41, 5.74) is -0.438. The molecule has 5 rings (SSSR count). The molecule has 3 aromatic heterocycles. The summed E-state index contributed by atoms with van der Waals surface area (Å²) < 4.78 is 50.2. The van der Waals surface area contributed by atoms with Crippen molar-refractivity contribution in [1.82, 2.24) is 29.1 Å². The van der Waals surface area contributed by atoms with E-state index in [1.54, 1.807) is 30.0 Å². The van der Waals surface area contributed by atoms with Gasteiger partial charge in [-0.3, -0.25) is 9.36 Å². The molecule has 44 heavy (non-hydrogen) atoms. The molecule has 3 N–H and O–H groups in total. The summed E-state index contributed by atoms with van der Waals surface area (Å²) in [7, 11) is 1.42. The SMILES string of the molecule is C=C(/C=C(\C=C(/C)C(=O)Nc1ccc(-n2ccnc2C)c(C(F)(F)F)c1)OC)Nc1nccn1-c1cc(NC2CC2)ncn1. The maximum atomic E-state index is 13.9. The number of hydrogen-bond acceptors (Lipinski definition) is 8. The molecule has 0 atom stereocenters. The smallest absolute Gasteiger partial charge is 0.418 e. The van der Waals surface area contributed by atoms with Crippen LogP contribution in [-0.4, -0.2) is 48.1 Å². The fourth-order valence-corrected chi connectivity index (χ4v) is 4.28. The van der Waals surface area contributed by atoms with Crippen LogP contribution in [-0.2, 0) is 15.7 Å².